The quantitative estimate of drug-likeness (QED) is 0.367. The van der Waals surface area contributed by atoms with Gasteiger partial charge in [0.2, 0.25) is 5.88 Å². The van der Waals surface area contributed by atoms with E-state index in [2.05, 4.69) is 55.8 Å². The molecule has 0 unspecified atom stereocenters. The minimum absolute atomic E-state index is 0. The van der Waals surface area contributed by atoms with Gasteiger partial charge < -0.3 is 15.4 Å². The van der Waals surface area contributed by atoms with Crippen molar-refractivity contribution in [3.05, 3.63) is 59.8 Å². The second kappa shape index (κ2) is 11.9. The third-order valence-corrected chi connectivity index (χ3v) is 4.87. The van der Waals surface area contributed by atoms with E-state index >= 15 is 0 Å². The van der Waals surface area contributed by atoms with Crippen LogP contribution in [0, 0.1) is 0 Å². The molecule has 0 spiro atoms. The number of rotatable bonds is 6. The first kappa shape index (κ1) is 22.4. The first-order chi connectivity index (χ1) is 13.3. The lowest BCUT2D eigenvalue weighted by molar-refractivity contribution is 0.198. The molecular weight excluding hydrogens is 465 g/mol. The summed E-state index contributed by atoms with van der Waals surface area (Å²) in [5.41, 5.74) is 2.50. The number of piperidine rings is 1. The van der Waals surface area contributed by atoms with Gasteiger partial charge in [0.15, 0.2) is 5.96 Å². The summed E-state index contributed by atoms with van der Waals surface area (Å²) >= 11 is 0. The molecule has 0 saturated carbocycles. The molecule has 152 valence electrons. The third kappa shape index (κ3) is 6.94. The van der Waals surface area contributed by atoms with E-state index in [0.717, 1.165) is 44.0 Å². The molecule has 1 aliphatic heterocycles. The summed E-state index contributed by atoms with van der Waals surface area (Å²) < 4.78 is 5.17. The fourth-order valence-corrected chi connectivity index (χ4v) is 3.32. The predicted octanol–water partition coefficient (Wildman–Crippen LogP) is 3.04. The second-order valence-corrected chi connectivity index (χ2v) is 6.81. The number of halogens is 1. The summed E-state index contributed by atoms with van der Waals surface area (Å²) in [6, 6.07) is 15.0. The second-order valence-electron chi connectivity index (χ2n) is 6.81. The van der Waals surface area contributed by atoms with E-state index in [9.17, 15) is 0 Å². The standard InChI is InChI=1S/C21H29N5O.HI/c1-22-21(24-15-18-8-11-23-20(14-18)27-2)25-19-9-12-26(13-10-19)16-17-6-4-3-5-7-17;/h3-8,11,14,19H,9-10,12-13,15-16H2,1-2H3,(H2,22,24,25);1H. The first-order valence-corrected chi connectivity index (χ1v) is 9.49. The van der Waals surface area contributed by atoms with Crippen LogP contribution in [-0.4, -0.2) is 49.1 Å². The summed E-state index contributed by atoms with van der Waals surface area (Å²) in [7, 11) is 3.44. The molecule has 3 rings (SSSR count). The number of ether oxygens (including phenoxy) is 1. The smallest absolute Gasteiger partial charge is 0.213 e. The molecule has 6 nitrogen and oxygen atoms in total. The van der Waals surface area contributed by atoms with Crippen LogP contribution in [0.15, 0.2) is 53.7 Å². The van der Waals surface area contributed by atoms with E-state index in [4.69, 9.17) is 4.74 Å². The number of aliphatic imine (C=N–C) groups is 1. The number of methoxy groups -OCH3 is 1. The number of pyridine rings is 1. The van der Waals surface area contributed by atoms with Gasteiger partial charge in [-0.25, -0.2) is 4.98 Å². The summed E-state index contributed by atoms with van der Waals surface area (Å²) in [6.07, 6.45) is 4.00. The summed E-state index contributed by atoms with van der Waals surface area (Å²) in [5, 5.41) is 6.93. The van der Waals surface area contributed by atoms with E-state index in [1.165, 1.54) is 5.56 Å². The number of benzene rings is 1. The SMILES string of the molecule is CN=C(NCc1ccnc(OC)c1)NC1CCN(Cc2ccccc2)CC1.I. The molecule has 1 aromatic carbocycles. The predicted molar refractivity (Wildman–Crippen MR) is 124 cm³/mol. The van der Waals surface area contributed by atoms with Crippen LogP contribution in [0.4, 0.5) is 0 Å². The lowest BCUT2D eigenvalue weighted by Gasteiger charge is -2.33. The van der Waals surface area contributed by atoms with Crippen LogP contribution in [0.2, 0.25) is 0 Å². The highest BCUT2D eigenvalue weighted by atomic mass is 127. The molecule has 1 fully saturated rings. The van der Waals surface area contributed by atoms with E-state index in [0.29, 0.717) is 18.5 Å². The van der Waals surface area contributed by atoms with Gasteiger partial charge in [0.25, 0.3) is 0 Å². The highest BCUT2D eigenvalue weighted by Crippen LogP contribution is 2.14. The van der Waals surface area contributed by atoms with Crippen molar-refractivity contribution in [1.82, 2.24) is 20.5 Å². The van der Waals surface area contributed by atoms with Crippen LogP contribution >= 0.6 is 24.0 Å². The molecule has 0 radical (unpaired) electrons. The Morgan fingerprint density at radius 3 is 2.61 bits per heavy atom. The molecule has 1 aromatic heterocycles. The summed E-state index contributed by atoms with van der Waals surface area (Å²) in [5.74, 6) is 1.47. The van der Waals surface area contributed by atoms with Gasteiger partial charge in [-0.3, -0.25) is 9.89 Å². The number of hydrogen-bond donors (Lipinski definition) is 2. The zero-order valence-corrected chi connectivity index (χ0v) is 18.9. The van der Waals surface area contributed by atoms with Crippen LogP contribution in [0.25, 0.3) is 0 Å². The normalized spacial score (nSPS) is 15.6. The summed E-state index contributed by atoms with van der Waals surface area (Å²) in [6.45, 7) is 3.92. The molecule has 0 bridgehead atoms. The molecular formula is C21H30IN5O. The van der Waals surface area contributed by atoms with Gasteiger partial charge in [-0.2, -0.15) is 0 Å². The largest absolute Gasteiger partial charge is 0.481 e. The van der Waals surface area contributed by atoms with Crippen LogP contribution in [0.1, 0.15) is 24.0 Å². The van der Waals surface area contributed by atoms with Gasteiger partial charge >= 0.3 is 0 Å². The van der Waals surface area contributed by atoms with Crippen molar-refractivity contribution in [2.24, 2.45) is 4.99 Å². The molecule has 2 aromatic rings. The highest BCUT2D eigenvalue weighted by Gasteiger charge is 2.20. The number of aromatic nitrogens is 1. The number of guanidine groups is 1. The maximum absolute atomic E-state index is 5.17. The fraction of sp³-hybridized carbons (Fsp3) is 0.429. The Morgan fingerprint density at radius 1 is 1.18 bits per heavy atom. The van der Waals surface area contributed by atoms with Gasteiger partial charge in [0, 0.05) is 51.5 Å². The van der Waals surface area contributed by atoms with Crippen molar-refractivity contribution >= 4 is 29.9 Å². The third-order valence-electron chi connectivity index (χ3n) is 4.87. The Labute approximate surface area is 184 Å². The Balaban J connectivity index is 0.00000280. The topological polar surface area (TPSA) is 61.8 Å². The van der Waals surface area contributed by atoms with Crippen molar-refractivity contribution in [2.45, 2.75) is 32.0 Å². The average molecular weight is 495 g/mol. The molecule has 2 heterocycles. The minimum Gasteiger partial charge on any atom is -0.481 e. The Bertz CT molecular complexity index is 733. The number of likely N-dealkylation sites (tertiary alicyclic amines) is 1. The molecule has 1 aliphatic rings. The number of nitrogens with one attached hydrogen (secondary N) is 2. The van der Waals surface area contributed by atoms with Gasteiger partial charge in [0.1, 0.15) is 0 Å². The highest BCUT2D eigenvalue weighted by molar-refractivity contribution is 14.0. The maximum atomic E-state index is 5.17. The van der Waals surface area contributed by atoms with Crippen LogP contribution in [-0.2, 0) is 13.1 Å². The zero-order chi connectivity index (χ0) is 18.9. The lowest BCUT2D eigenvalue weighted by atomic mass is 10.0. The van der Waals surface area contributed by atoms with Crippen molar-refractivity contribution in [2.75, 3.05) is 27.2 Å². The molecule has 0 aliphatic carbocycles. The van der Waals surface area contributed by atoms with Gasteiger partial charge in [0.05, 0.1) is 7.11 Å². The van der Waals surface area contributed by atoms with Gasteiger partial charge in [-0.15, -0.1) is 24.0 Å². The van der Waals surface area contributed by atoms with Gasteiger partial charge in [-0.1, -0.05) is 30.3 Å². The van der Waals surface area contributed by atoms with E-state index in [1.807, 2.05) is 19.2 Å². The van der Waals surface area contributed by atoms with Crippen molar-refractivity contribution < 1.29 is 4.74 Å². The number of nitrogens with zero attached hydrogens (tertiary/aromatic N) is 3. The fourth-order valence-electron chi connectivity index (χ4n) is 3.32. The van der Waals surface area contributed by atoms with Crippen LogP contribution in [0.5, 0.6) is 5.88 Å². The summed E-state index contributed by atoms with van der Waals surface area (Å²) in [4.78, 5) is 11.0. The zero-order valence-electron chi connectivity index (χ0n) is 16.6. The van der Waals surface area contributed by atoms with Gasteiger partial charge in [-0.05, 0) is 30.0 Å². The number of hydrogen-bond acceptors (Lipinski definition) is 4. The monoisotopic (exact) mass is 495 g/mol. The van der Waals surface area contributed by atoms with Crippen molar-refractivity contribution in [1.29, 1.82) is 0 Å². The first-order valence-electron chi connectivity index (χ1n) is 9.49. The molecule has 2 N–H and O–H groups in total. The van der Waals surface area contributed by atoms with Crippen molar-refractivity contribution in [3.8, 4) is 5.88 Å². The minimum atomic E-state index is 0. The average Bonchev–Trinajstić information content (AvgIpc) is 2.73. The van der Waals surface area contributed by atoms with Crippen molar-refractivity contribution in [3.63, 3.8) is 0 Å². The lowest BCUT2D eigenvalue weighted by Crippen LogP contribution is -2.48. The van der Waals surface area contributed by atoms with E-state index < -0.39 is 0 Å². The Hall–Kier alpha value is -1.87. The molecule has 1 saturated heterocycles. The maximum Gasteiger partial charge on any atom is 0.213 e. The molecule has 7 heteroatoms. The Morgan fingerprint density at radius 2 is 1.93 bits per heavy atom. The van der Waals surface area contributed by atoms with E-state index in [1.54, 1.807) is 13.3 Å². The van der Waals surface area contributed by atoms with Crippen LogP contribution in [0.3, 0.4) is 0 Å². The van der Waals surface area contributed by atoms with E-state index in [-0.39, 0.29) is 24.0 Å². The molecule has 28 heavy (non-hydrogen) atoms. The van der Waals surface area contributed by atoms with Crippen LogP contribution < -0.4 is 15.4 Å². The molecule has 0 amide bonds. The Kier molecular flexibility index (Phi) is 9.49. The molecule has 0 atom stereocenters.